The maximum Gasteiger partial charge on any atom is 0.341 e. The third-order valence-electron chi connectivity index (χ3n) is 6.16. The molecule has 1 N–H and O–H groups in total. The normalized spacial score (nSPS) is 16.8. The van der Waals surface area contributed by atoms with E-state index in [1.165, 1.54) is 23.7 Å². The number of carbonyl (C=O) groups excluding carboxylic acids is 2. The zero-order valence-electron chi connectivity index (χ0n) is 19.5. The van der Waals surface area contributed by atoms with Crippen LogP contribution in [0.1, 0.15) is 31.0 Å². The second kappa shape index (κ2) is 9.97. The van der Waals surface area contributed by atoms with Crippen LogP contribution < -0.4 is 0 Å². The van der Waals surface area contributed by atoms with Crippen LogP contribution in [0.25, 0.3) is 16.5 Å². The Morgan fingerprint density at radius 3 is 2.86 bits per heavy atom. The van der Waals surface area contributed by atoms with E-state index >= 15 is 0 Å². The van der Waals surface area contributed by atoms with Gasteiger partial charge in [-0.05, 0) is 43.4 Å². The van der Waals surface area contributed by atoms with Crippen LogP contribution in [-0.2, 0) is 25.4 Å². The summed E-state index contributed by atoms with van der Waals surface area (Å²) in [6.07, 6.45) is 14.2. The Morgan fingerprint density at radius 2 is 2.09 bits per heavy atom. The highest BCUT2D eigenvalue weighted by molar-refractivity contribution is 6.18. The summed E-state index contributed by atoms with van der Waals surface area (Å²) in [4.78, 5) is 33.3. The number of aromatic nitrogens is 1. The summed E-state index contributed by atoms with van der Waals surface area (Å²) < 4.78 is 16.3. The van der Waals surface area contributed by atoms with Gasteiger partial charge in [-0.1, -0.05) is 36.4 Å². The average molecular weight is 474 g/mol. The molecule has 0 bridgehead atoms. The Hall–Kier alpha value is -4.20. The number of amides is 2. The molecule has 3 aliphatic rings. The molecule has 2 aromatic rings. The Labute approximate surface area is 203 Å². The lowest BCUT2D eigenvalue weighted by atomic mass is 10.0. The van der Waals surface area contributed by atoms with Gasteiger partial charge in [-0.3, -0.25) is 9.80 Å². The van der Waals surface area contributed by atoms with Crippen molar-refractivity contribution < 1.29 is 23.8 Å². The molecule has 0 radical (unpaired) electrons. The summed E-state index contributed by atoms with van der Waals surface area (Å²) in [7, 11) is 0. The number of nitrogens with one attached hydrogen (secondary N) is 1. The van der Waals surface area contributed by atoms with Crippen LogP contribution in [-0.4, -0.2) is 46.5 Å². The van der Waals surface area contributed by atoms with Crippen molar-refractivity contribution in [2.24, 2.45) is 0 Å². The van der Waals surface area contributed by atoms with E-state index in [0.29, 0.717) is 30.8 Å². The molecular formula is C27H27N3O5. The molecule has 8 nitrogen and oxygen atoms in total. The summed E-state index contributed by atoms with van der Waals surface area (Å²) in [6.45, 7) is 2.73. The molecule has 3 heterocycles. The quantitative estimate of drug-likeness (QED) is 0.622. The van der Waals surface area contributed by atoms with E-state index in [2.05, 4.69) is 11.1 Å². The van der Waals surface area contributed by atoms with E-state index in [1.807, 2.05) is 36.4 Å². The van der Waals surface area contributed by atoms with Crippen LogP contribution in [0.15, 0.2) is 78.9 Å². The van der Waals surface area contributed by atoms with Crippen LogP contribution in [0.3, 0.4) is 0 Å². The number of rotatable bonds is 5. The summed E-state index contributed by atoms with van der Waals surface area (Å²) in [5.74, 6) is -0.196. The molecule has 1 aromatic heterocycles. The molecule has 0 atom stereocenters. The minimum Gasteiger partial charge on any atom is -0.464 e. The molecule has 5 rings (SSSR count). The maximum absolute atomic E-state index is 13.9. The zero-order chi connectivity index (χ0) is 24.2. The second-order valence-electron chi connectivity index (χ2n) is 8.37. The molecule has 2 aliphatic heterocycles. The highest BCUT2D eigenvalue weighted by Crippen LogP contribution is 2.32. The predicted octanol–water partition coefficient (Wildman–Crippen LogP) is 4.95. The fourth-order valence-corrected chi connectivity index (χ4v) is 4.49. The molecule has 1 aromatic carbocycles. The van der Waals surface area contributed by atoms with Crippen molar-refractivity contribution in [1.82, 2.24) is 14.8 Å². The molecule has 0 unspecified atom stereocenters. The van der Waals surface area contributed by atoms with E-state index in [9.17, 15) is 9.59 Å². The fourth-order valence-electron chi connectivity index (χ4n) is 4.49. The summed E-state index contributed by atoms with van der Waals surface area (Å²) >= 11 is 0. The van der Waals surface area contributed by atoms with Crippen LogP contribution >= 0.6 is 0 Å². The zero-order valence-corrected chi connectivity index (χ0v) is 19.5. The van der Waals surface area contributed by atoms with E-state index < -0.39 is 5.97 Å². The SMILES string of the molecule is CCOC(=O)C1=CN(C(=O)N(CC2=CC=CCC2)C2=COC=CO2)CCc2c1[nH]c1ccccc21. The highest BCUT2D eigenvalue weighted by Gasteiger charge is 2.31. The van der Waals surface area contributed by atoms with Gasteiger partial charge in [0, 0.05) is 23.6 Å². The lowest BCUT2D eigenvalue weighted by Crippen LogP contribution is -2.42. The monoisotopic (exact) mass is 473 g/mol. The average Bonchev–Trinajstić information content (AvgIpc) is 3.15. The topological polar surface area (TPSA) is 84.1 Å². The number of hydrogen-bond acceptors (Lipinski definition) is 5. The molecule has 1 aliphatic carbocycles. The highest BCUT2D eigenvalue weighted by atomic mass is 16.5. The molecular weight excluding hydrogens is 446 g/mol. The first kappa shape index (κ1) is 22.6. The molecule has 0 fully saturated rings. The molecule has 0 spiro atoms. The largest absolute Gasteiger partial charge is 0.464 e. The maximum atomic E-state index is 13.9. The Bertz CT molecular complexity index is 1300. The van der Waals surface area contributed by atoms with E-state index in [1.54, 1.807) is 18.0 Å². The van der Waals surface area contributed by atoms with Gasteiger partial charge in [0.05, 0.1) is 24.4 Å². The number of H-pyrrole nitrogens is 1. The van der Waals surface area contributed by atoms with Gasteiger partial charge in [0.25, 0.3) is 0 Å². The van der Waals surface area contributed by atoms with Crippen molar-refractivity contribution in [3.63, 3.8) is 0 Å². The van der Waals surface area contributed by atoms with Crippen molar-refractivity contribution in [3.8, 4) is 0 Å². The van der Waals surface area contributed by atoms with Crippen LogP contribution in [0, 0.1) is 0 Å². The van der Waals surface area contributed by atoms with Crippen LogP contribution in [0.5, 0.6) is 0 Å². The van der Waals surface area contributed by atoms with Crippen molar-refractivity contribution >= 4 is 28.5 Å². The molecule has 0 saturated carbocycles. The number of ether oxygens (including phenoxy) is 3. The van der Waals surface area contributed by atoms with E-state index in [0.717, 1.165) is 34.9 Å². The van der Waals surface area contributed by atoms with Crippen molar-refractivity contribution in [3.05, 3.63) is 90.2 Å². The lowest BCUT2D eigenvalue weighted by molar-refractivity contribution is -0.136. The van der Waals surface area contributed by atoms with Gasteiger partial charge in [-0.25, -0.2) is 9.59 Å². The number of urea groups is 1. The fraction of sp³-hybridized carbons (Fsp3) is 0.259. The van der Waals surface area contributed by atoms with Crippen LogP contribution in [0.2, 0.25) is 0 Å². The van der Waals surface area contributed by atoms with Crippen molar-refractivity contribution in [2.45, 2.75) is 26.2 Å². The van der Waals surface area contributed by atoms with Crippen molar-refractivity contribution in [1.29, 1.82) is 0 Å². The predicted molar refractivity (Wildman–Crippen MR) is 131 cm³/mol. The first-order valence-electron chi connectivity index (χ1n) is 11.7. The Morgan fingerprint density at radius 1 is 1.20 bits per heavy atom. The van der Waals surface area contributed by atoms with Gasteiger partial charge >= 0.3 is 12.0 Å². The van der Waals surface area contributed by atoms with Gasteiger partial charge in [0.15, 0.2) is 6.26 Å². The summed E-state index contributed by atoms with van der Waals surface area (Å²) in [5.41, 5.74) is 4.03. The number of para-hydroxylation sites is 1. The molecule has 180 valence electrons. The first-order valence-corrected chi connectivity index (χ1v) is 11.7. The number of allylic oxidation sites excluding steroid dienone is 3. The number of fused-ring (bicyclic) bond motifs is 3. The van der Waals surface area contributed by atoms with Gasteiger partial charge < -0.3 is 19.2 Å². The number of aromatic amines is 1. The Balaban J connectivity index is 1.52. The number of nitrogens with zero attached hydrogens (tertiary/aromatic N) is 2. The second-order valence-corrected chi connectivity index (χ2v) is 8.37. The van der Waals surface area contributed by atoms with E-state index in [-0.39, 0.29) is 18.5 Å². The number of esters is 1. The number of carbonyl (C=O) groups is 2. The lowest BCUT2D eigenvalue weighted by Gasteiger charge is -2.30. The smallest absolute Gasteiger partial charge is 0.341 e. The molecule has 35 heavy (non-hydrogen) atoms. The van der Waals surface area contributed by atoms with Crippen LogP contribution in [0.4, 0.5) is 4.79 Å². The molecule has 2 amide bonds. The van der Waals surface area contributed by atoms with Gasteiger partial charge in [0.2, 0.25) is 5.88 Å². The Kier molecular flexibility index (Phi) is 6.43. The van der Waals surface area contributed by atoms with Gasteiger partial charge in [0.1, 0.15) is 12.5 Å². The minimum atomic E-state index is -0.480. The van der Waals surface area contributed by atoms with Gasteiger partial charge in [-0.2, -0.15) is 0 Å². The molecule has 0 saturated heterocycles. The standard InChI is InChI=1S/C27H27N3O5/c1-2-34-26(31)22-17-29(13-12-21-20-10-6-7-11-23(20)28-25(21)22)27(32)30(24-18-33-14-15-35-24)16-19-8-4-3-5-9-19/h3-4,6-8,10-11,14-15,17-18,28H,2,5,9,12-13,16H2,1H3. The summed E-state index contributed by atoms with van der Waals surface area (Å²) in [6, 6.07) is 7.59. The summed E-state index contributed by atoms with van der Waals surface area (Å²) in [5, 5.41) is 1.03. The third kappa shape index (κ3) is 4.59. The van der Waals surface area contributed by atoms with Crippen molar-refractivity contribution in [2.75, 3.05) is 19.7 Å². The molecule has 8 heteroatoms. The van der Waals surface area contributed by atoms with Gasteiger partial charge in [-0.15, -0.1) is 0 Å². The first-order chi connectivity index (χ1) is 17.2. The number of benzene rings is 1. The minimum absolute atomic E-state index is 0.234. The van der Waals surface area contributed by atoms with E-state index in [4.69, 9.17) is 14.2 Å². The number of hydrogen-bond donors (Lipinski definition) is 1. The third-order valence-corrected chi connectivity index (χ3v) is 6.16.